The fourth-order valence-electron chi connectivity index (χ4n) is 9.31. The summed E-state index contributed by atoms with van der Waals surface area (Å²) in [6, 6.07) is 18.1. The van der Waals surface area contributed by atoms with Gasteiger partial charge in [0.05, 0.1) is 22.6 Å². The van der Waals surface area contributed by atoms with Crippen LogP contribution < -0.4 is 9.47 Å². The zero-order chi connectivity index (χ0) is 36.0. The van der Waals surface area contributed by atoms with Gasteiger partial charge in [-0.05, 0) is 92.5 Å². The first kappa shape index (κ1) is 35.0. The van der Waals surface area contributed by atoms with Gasteiger partial charge in [0.15, 0.2) is 11.5 Å². The van der Waals surface area contributed by atoms with Crippen LogP contribution in [0.5, 0.6) is 11.5 Å². The molecule has 0 radical (unpaired) electrons. The number of piperidine rings is 1. The van der Waals surface area contributed by atoms with Crippen molar-refractivity contribution in [1.29, 1.82) is 0 Å². The predicted molar refractivity (Wildman–Crippen MR) is 187 cm³/mol. The first-order chi connectivity index (χ1) is 24.5. The highest BCUT2D eigenvalue weighted by molar-refractivity contribution is 5.92. The van der Waals surface area contributed by atoms with Crippen LogP contribution in [0.15, 0.2) is 85.5 Å². The van der Waals surface area contributed by atoms with Gasteiger partial charge in [0.25, 0.3) is 0 Å². The Morgan fingerprint density at radius 3 is 2.65 bits per heavy atom. The van der Waals surface area contributed by atoms with E-state index in [4.69, 9.17) is 9.47 Å². The molecule has 7 rings (SSSR count). The number of hydrogen-bond acceptors (Lipinski definition) is 6. The van der Waals surface area contributed by atoms with Gasteiger partial charge in [0.1, 0.15) is 6.10 Å². The molecule has 2 fully saturated rings. The third-order valence-electron chi connectivity index (χ3n) is 11.4. The molecule has 1 amide bonds. The molecular formula is C41H43F3N2O5. The highest BCUT2D eigenvalue weighted by Gasteiger charge is 2.73. The lowest BCUT2D eigenvalue weighted by molar-refractivity contribution is -0.199. The van der Waals surface area contributed by atoms with Crippen LogP contribution in [0.1, 0.15) is 66.8 Å². The number of nitrogens with zero attached hydrogens (tertiary/aromatic N) is 2. The molecule has 7 nitrogen and oxygen atoms in total. The van der Waals surface area contributed by atoms with Gasteiger partial charge in [-0.15, -0.1) is 6.58 Å². The average molecular weight is 701 g/mol. The molecule has 10 heteroatoms. The number of halogens is 3. The lowest BCUT2D eigenvalue weighted by Crippen LogP contribution is -2.78. The molecule has 1 N–H and O–H groups in total. The minimum atomic E-state index is -4.51. The largest absolute Gasteiger partial charge is 0.483 e. The van der Waals surface area contributed by atoms with Crippen molar-refractivity contribution in [2.45, 2.75) is 87.2 Å². The molecule has 3 aromatic carbocycles. The lowest BCUT2D eigenvalue weighted by atomic mass is 9.48. The summed E-state index contributed by atoms with van der Waals surface area (Å²) in [7, 11) is 0. The van der Waals surface area contributed by atoms with E-state index in [9.17, 15) is 27.9 Å². The minimum absolute atomic E-state index is 0.204. The summed E-state index contributed by atoms with van der Waals surface area (Å²) in [6.45, 7) is 6.99. The molecule has 0 aromatic heterocycles. The Kier molecular flexibility index (Phi) is 9.35. The van der Waals surface area contributed by atoms with Crippen LogP contribution in [0.3, 0.4) is 0 Å². The Morgan fingerprint density at radius 2 is 1.90 bits per heavy atom. The summed E-state index contributed by atoms with van der Waals surface area (Å²) < 4.78 is 52.9. The van der Waals surface area contributed by atoms with Gasteiger partial charge in [-0.3, -0.25) is 14.5 Å². The van der Waals surface area contributed by atoms with Crippen molar-refractivity contribution in [1.82, 2.24) is 9.80 Å². The zero-order valence-corrected chi connectivity index (χ0v) is 28.7. The number of esters is 1. The average Bonchev–Trinajstić information content (AvgIpc) is 3.46. The first-order valence-corrected chi connectivity index (χ1v) is 17.7. The van der Waals surface area contributed by atoms with Crippen LogP contribution in [0, 0.1) is 0 Å². The molecule has 5 atom stereocenters. The molecule has 2 aliphatic heterocycles. The summed E-state index contributed by atoms with van der Waals surface area (Å²) in [6.07, 6.45) is 3.84. The van der Waals surface area contributed by atoms with Crippen LogP contribution in [0.2, 0.25) is 0 Å². The minimum Gasteiger partial charge on any atom is -0.483 e. The molecule has 51 heavy (non-hydrogen) atoms. The van der Waals surface area contributed by atoms with Crippen molar-refractivity contribution in [2.24, 2.45) is 0 Å². The number of rotatable bonds is 11. The number of benzene rings is 3. The number of ether oxygens (including phenoxy) is 2. The van der Waals surface area contributed by atoms with E-state index in [1.165, 1.54) is 36.8 Å². The Bertz CT molecular complexity index is 1840. The number of alkyl halides is 3. The van der Waals surface area contributed by atoms with Crippen molar-refractivity contribution < 1.29 is 37.3 Å². The molecule has 1 saturated heterocycles. The third kappa shape index (κ3) is 6.16. The van der Waals surface area contributed by atoms with Crippen molar-refractivity contribution in [3.8, 4) is 11.5 Å². The van der Waals surface area contributed by atoms with E-state index in [0.29, 0.717) is 63.2 Å². The number of carbonyl (C=O) groups is 2. The van der Waals surface area contributed by atoms with Gasteiger partial charge >= 0.3 is 12.1 Å². The first-order valence-electron chi connectivity index (χ1n) is 17.7. The van der Waals surface area contributed by atoms with Gasteiger partial charge < -0.3 is 19.5 Å². The third-order valence-corrected chi connectivity index (χ3v) is 11.4. The van der Waals surface area contributed by atoms with Gasteiger partial charge in [0.2, 0.25) is 5.91 Å². The monoisotopic (exact) mass is 700 g/mol. The fraction of sp³-hybridized carbons (Fsp3) is 0.415. The van der Waals surface area contributed by atoms with Crippen molar-refractivity contribution in [3.63, 3.8) is 0 Å². The number of carbonyl (C=O) groups excluding carboxylic acids is 2. The summed E-state index contributed by atoms with van der Waals surface area (Å²) in [5.74, 6) is -0.0817. The molecular weight excluding hydrogens is 657 g/mol. The number of aryl methyl sites for hydroxylation is 1. The molecule has 0 unspecified atom stereocenters. The number of aliphatic hydroxyl groups is 1. The van der Waals surface area contributed by atoms with Crippen molar-refractivity contribution in [3.05, 3.63) is 113 Å². The number of amides is 1. The smallest absolute Gasteiger partial charge is 0.416 e. The van der Waals surface area contributed by atoms with Crippen molar-refractivity contribution >= 4 is 18.0 Å². The summed E-state index contributed by atoms with van der Waals surface area (Å²) in [4.78, 5) is 30.6. The van der Waals surface area contributed by atoms with Gasteiger partial charge in [-0.2, -0.15) is 13.2 Å². The van der Waals surface area contributed by atoms with Crippen molar-refractivity contribution in [2.75, 3.05) is 19.6 Å². The zero-order valence-electron chi connectivity index (χ0n) is 28.7. The van der Waals surface area contributed by atoms with E-state index >= 15 is 0 Å². The van der Waals surface area contributed by atoms with Crippen LogP contribution in [-0.2, 0) is 34.0 Å². The van der Waals surface area contributed by atoms with E-state index in [1.54, 1.807) is 11.0 Å². The second kappa shape index (κ2) is 13.6. The maximum Gasteiger partial charge on any atom is 0.416 e. The normalized spacial score (nSPS) is 26.3. The Balaban J connectivity index is 1.26. The van der Waals surface area contributed by atoms with Gasteiger partial charge in [-0.25, -0.2) is 0 Å². The van der Waals surface area contributed by atoms with Gasteiger partial charge in [-0.1, -0.05) is 54.6 Å². The van der Waals surface area contributed by atoms with Crippen LogP contribution in [-0.4, -0.2) is 70.2 Å². The SMILES string of the molecule is C=CCN1CC[C@]23c4c5ccc(OC(C)=O)c4O[C@H]2[C@H](N(CCCCc2ccccc2)C(=O)C=Cc2cccc(C(F)(F)F)c2)CC[C@@]3(O)[C@H]1C5. The fourth-order valence-corrected chi connectivity index (χ4v) is 9.31. The Hall–Kier alpha value is -4.41. The molecule has 3 aromatic rings. The molecule has 4 aliphatic rings. The number of hydrogen-bond donors (Lipinski definition) is 1. The van der Waals surface area contributed by atoms with Crippen LogP contribution in [0.4, 0.5) is 13.2 Å². The number of likely N-dealkylation sites (tertiary alicyclic amines) is 1. The molecule has 2 bridgehead atoms. The van der Waals surface area contributed by atoms with Gasteiger partial charge in [0, 0.05) is 37.7 Å². The maximum absolute atomic E-state index is 14.3. The summed E-state index contributed by atoms with van der Waals surface area (Å²) in [5.41, 5.74) is 0.515. The standard InChI is InChI=1S/C41H43F3N2O5/c1-3-22-45-24-21-39-36-30-16-17-33(50-27(2)47)37(36)51-38(39)32(19-20-40(39,49)34(45)26-30)46(23-8-7-12-28-10-5-4-6-11-28)35(48)18-15-29-13-9-14-31(25-29)41(42,43)44/h3-6,9-11,13-18,25,32,34,38,49H,1,7-8,12,19-24,26H2,2H3/t32-,34-,38+,39+,40-/m1/s1. The van der Waals surface area contributed by atoms with E-state index in [2.05, 4.69) is 23.6 Å². The highest BCUT2D eigenvalue weighted by atomic mass is 19.4. The summed E-state index contributed by atoms with van der Waals surface area (Å²) >= 11 is 0. The lowest BCUT2D eigenvalue weighted by Gasteiger charge is -2.64. The summed E-state index contributed by atoms with van der Waals surface area (Å²) in [5, 5.41) is 12.9. The molecule has 2 heterocycles. The highest BCUT2D eigenvalue weighted by Crippen LogP contribution is 2.66. The molecule has 1 spiro atoms. The second-order valence-electron chi connectivity index (χ2n) is 14.2. The topological polar surface area (TPSA) is 79.3 Å². The Morgan fingerprint density at radius 1 is 1.10 bits per heavy atom. The van der Waals surface area contributed by atoms with E-state index in [1.807, 2.05) is 30.3 Å². The van der Waals surface area contributed by atoms with E-state index < -0.39 is 40.9 Å². The second-order valence-corrected chi connectivity index (χ2v) is 14.2. The Labute approximate surface area is 296 Å². The predicted octanol–water partition coefficient (Wildman–Crippen LogP) is 6.90. The quantitative estimate of drug-likeness (QED) is 0.0771. The van der Waals surface area contributed by atoms with E-state index in [-0.39, 0.29) is 17.5 Å². The van der Waals surface area contributed by atoms with E-state index in [0.717, 1.165) is 36.1 Å². The molecule has 2 aliphatic carbocycles. The van der Waals surface area contributed by atoms with Crippen LogP contribution in [0.25, 0.3) is 6.08 Å². The maximum atomic E-state index is 14.3. The number of unbranched alkanes of at least 4 members (excludes halogenated alkanes) is 1. The molecule has 268 valence electrons. The molecule has 1 saturated carbocycles. The van der Waals surface area contributed by atoms with Crippen LogP contribution >= 0.6 is 0 Å².